The van der Waals surface area contributed by atoms with Crippen molar-refractivity contribution in [1.82, 2.24) is 0 Å². The van der Waals surface area contributed by atoms with E-state index < -0.39 is 0 Å². The van der Waals surface area contributed by atoms with Gasteiger partial charge < -0.3 is 0 Å². The Labute approximate surface area is 107 Å². The predicted octanol–water partition coefficient (Wildman–Crippen LogP) is 4.00. The van der Waals surface area contributed by atoms with Gasteiger partial charge in [-0.05, 0) is 42.7 Å². The zero-order valence-electron chi connectivity index (χ0n) is 10.1. The smallest absolute Gasteiger partial charge is 0.155 e. The summed E-state index contributed by atoms with van der Waals surface area (Å²) in [5.41, 5.74) is 2.63. The maximum absolute atomic E-state index is 11.6. The molecule has 3 atom stereocenters. The molecule has 0 amide bonds. The van der Waals surface area contributed by atoms with Gasteiger partial charge in [-0.2, -0.15) is 0 Å². The molecule has 0 aromatic rings. The molecule has 3 aliphatic rings. The van der Waals surface area contributed by atoms with Gasteiger partial charge in [0.1, 0.15) is 0 Å². The minimum atomic E-state index is 0.301. The molecule has 0 N–H and O–H groups in total. The summed E-state index contributed by atoms with van der Waals surface area (Å²) in [7, 11) is 0. The highest BCUT2D eigenvalue weighted by molar-refractivity contribution is 6.32. The highest BCUT2D eigenvalue weighted by Gasteiger charge is 2.37. The van der Waals surface area contributed by atoms with Crippen LogP contribution in [0.25, 0.3) is 0 Å². The molecule has 0 aromatic heterocycles. The quantitative estimate of drug-likeness (QED) is 0.633. The van der Waals surface area contributed by atoms with Crippen LogP contribution in [-0.2, 0) is 4.79 Å². The summed E-state index contributed by atoms with van der Waals surface area (Å²) >= 11 is 6.30. The van der Waals surface area contributed by atoms with Crippen LogP contribution >= 0.6 is 11.6 Å². The van der Waals surface area contributed by atoms with Gasteiger partial charge in [-0.15, -0.1) is 0 Å². The van der Waals surface area contributed by atoms with E-state index in [1.165, 1.54) is 11.1 Å². The fraction of sp³-hybridized carbons (Fsp3) is 0.533. The first-order chi connectivity index (χ1) is 8.16. The first kappa shape index (κ1) is 11.3. The molecule has 0 spiro atoms. The van der Waals surface area contributed by atoms with Crippen LogP contribution in [0, 0.1) is 17.8 Å². The lowest BCUT2D eigenvalue weighted by Crippen LogP contribution is -2.30. The molecule has 17 heavy (non-hydrogen) atoms. The molecule has 2 heteroatoms. The first-order valence-electron chi connectivity index (χ1n) is 6.49. The van der Waals surface area contributed by atoms with E-state index in [1.54, 1.807) is 0 Å². The molecule has 0 aromatic carbocycles. The van der Waals surface area contributed by atoms with Crippen LogP contribution in [0.2, 0.25) is 0 Å². The van der Waals surface area contributed by atoms with Crippen molar-refractivity contribution in [2.75, 3.05) is 0 Å². The van der Waals surface area contributed by atoms with Crippen LogP contribution in [0.5, 0.6) is 0 Å². The molecule has 0 saturated carbocycles. The highest BCUT2D eigenvalue weighted by Crippen LogP contribution is 2.48. The third kappa shape index (κ3) is 1.81. The normalized spacial score (nSPS) is 36.5. The zero-order chi connectivity index (χ0) is 12.0. The molecule has 0 bridgehead atoms. The van der Waals surface area contributed by atoms with Crippen LogP contribution in [-0.4, -0.2) is 5.78 Å². The summed E-state index contributed by atoms with van der Waals surface area (Å²) in [5, 5.41) is 0.908. The lowest BCUT2D eigenvalue weighted by molar-refractivity contribution is -0.115. The van der Waals surface area contributed by atoms with Gasteiger partial charge in [-0.3, -0.25) is 4.79 Å². The standard InChI is InChI=1S/C15H17ClO/c1-9-7-14-12(3-2-4-15(14)16)13-8-10(17)5-6-11(9)13/h4,7-9,11-12H,2-3,5-6H2,1H3/t9-,11?,12-/m1/s1. The molecule has 1 unspecified atom stereocenters. The van der Waals surface area contributed by atoms with Gasteiger partial charge in [0.2, 0.25) is 0 Å². The molecule has 90 valence electrons. The Morgan fingerprint density at radius 1 is 1.35 bits per heavy atom. The summed E-state index contributed by atoms with van der Waals surface area (Å²) in [5.74, 6) is 1.80. The maximum atomic E-state index is 11.6. The Morgan fingerprint density at radius 2 is 2.18 bits per heavy atom. The van der Waals surface area contributed by atoms with Crippen molar-refractivity contribution in [3.05, 3.63) is 34.4 Å². The number of fused-ring (bicyclic) bond motifs is 3. The number of halogens is 1. The van der Waals surface area contributed by atoms with Crippen LogP contribution in [0.4, 0.5) is 0 Å². The van der Waals surface area contributed by atoms with E-state index in [-0.39, 0.29) is 0 Å². The molecular formula is C15H17ClO. The number of ketones is 1. The fourth-order valence-corrected chi connectivity index (χ4v) is 3.82. The van der Waals surface area contributed by atoms with Gasteiger partial charge in [0.05, 0.1) is 0 Å². The van der Waals surface area contributed by atoms with Crippen molar-refractivity contribution < 1.29 is 4.79 Å². The van der Waals surface area contributed by atoms with Crippen molar-refractivity contribution in [2.24, 2.45) is 17.8 Å². The molecule has 1 nitrogen and oxygen atoms in total. The van der Waals surface area contributed by atoms with E-state index in [4.69, 9.17) is 11.6 Å². The second-order valence-electron chi connectivity index (χ2n) is 5.42. The Balaban J connectivity index is 2.07. The van der Waals surface area contributed by atoms with Crippen LogP contribution in [0.3, 0.4) is 0 Å². The second kappa shape index (κ2) is 4.13. The van der Waals surface area contributed by atoms with Crippen LogP contribution in [0.15, 0.2) is 34.4 Å². The van der Waals surface area contributed by atoms with Crippen molar-refractivity contribution in [2.45, 2.75) is 32.6 Å². The van der Waals surface area contributed by atoms with Crippen molar-refractivity contribution >= 4 is 17.4 Å². The van der Waals surface area contributed by atoms with E-state index in [2.05, 4.69) is 19.1 Å². The average molecular weight is 249 g/mol. The molecule has 0 fully saturated rings. The van der Waals surface area contributed by atoms with E-state index in [0.717, 1.165) is 30.7 Å². The molecule has 3 aliphatic carbocycles. The number of carbonyl (C=O) groups excluding carboxylic acids is 1. The second-order valence-corrected chi connectivity index (χ2v) is 5.83. The van der Waals surface area contributed by atoms with Gasteiger partial charge in [-0.25, -0.2) is 0 Å². The largest absolute Gasteiger partial charge is 0.295 e. The fourth-order valence-electron chi connectivity index (χ4n) is 3.51. The maximum Gasteiger partial charge on any atom is 0.155 e. The average Bonchev–Trinajstić information content (AvgIpc) is 2.31. The minimum Gasteiger partial charge on any atom is -0.295 e. The van der Waals surface area contributed by atoms with E-state index in [9.17, 15) is 4.79 Å². The molecular weight excluding hydrogens is 232 g/mol. The SMILES string of the molecule is C[C@@H]1C=C2C(Cl)=CCC[C@@H]2C2=CC(=O)CCC21. The van der Waals surface area contributed by atoms with E-state index in [1.807, 2.05) is 6.08 Å². The lowest BCUT2D eigenvalue weighted by Gasteiger charge is -2.40. The van der Waals surface area contributed by atoms with Gasteiger partial charge in [0, 0.05) is 17.4 Å². The monoisotopic (exact) mass is 248 g/mol. The van der Waals surface area contributed by atoms with Gasteiger partial charge in [-0.1, -0.05) is 36.2 Å². The molecule has 0 aliphatic heterocycles. The van der Waals surface area contributed by atoms with Crippen molar-refractivity contribution in [1.29, 1.82) is 0 Å². The number of hydrogen-bond acceptors (Lipinski definition) is 1. The van der Waals surface area contributed by atoms with Gasteiger partial charge >= 0.3 is 0 Å². The topological polar surface area (TPSA) is 17.1 Å². The number of carbonyl (C=O) groups is 1. The summed E-state index contributed by atoms with van der Waals surface area (Å²) in [6.07, 6.45) is 10.3. The Bertz CT molecular complexity index is 456. The molecule has 3 rings (SSSR count). The van der Waals surface area contributed by atoms with Crippen LogP contribution in [0.1, 0.15) is 32.6 Å². The molecule has 0 radical (unpaired) electrons. The lowest BCUT2D eigenvalue weighted by atomic mass is 9.65. The van der Waals surface area contributed by atoms with Crippen LogP contribution < -0.4 is 0 Å². The van der Waals surface area contributed by atoms with E-state index >= 15 is 0 Å². The Hall–Kier alpha value is -0.820. The highest BCUT2D eigenvalue weighted by atomic mass is 35.5. The summed E-state index contributed by atoms with van der Waals surface area (Å²) in [6, 6.07) is 0. The van der Waals surface area contributed by atoms with Crippen molar-refractivity contribution in [3.63, 3.8) is 0 Å². The summed E-state index contributed by atoms with van der Waals surface area (Å²) < 4.78 is 0. The summed E-state index contributed by atoms with van der Waals surface area (Å²) in [4.78, 5) is 11.6. The molecule has 0 heterocycles. The number of rotatable bonds is 0. The Morgan fingerprint density at radius 3 is 3.00 bits per heavy atom. The third-order valence-corrected chi connectivity index (χ3v) is 4.74. The van der Waals surface area contributed by atoms with Crippen molar-refractivity contribution in [3.8, 4) is 0 Å². The zero-order valence-corrected chi connectivity index (χ0v) is 10.8. The Kier molecular flexibility index (Phi) is 2.74. The van der Waals surface area contributed by atoms with Gasteiger partial charge in [0.15, 0.2) is 5.78 Å². The number of hydrogen-bond donors (Lipinski definition) is 0. The number of allylic oxidation sites excluding steroid dienone is 6. The van der Waals surface area contributed by atoms with E-state index in [0.29, 0.717) is 23.5 Å². The predicted molar refractivity (Wildman–Crippen MR) is 69.7 cm³/mol. The summed E-state index contributed by atoms with van der Waals surface area (Å²) in [6.45, 7) is 2.25. The first-order valence-corrected chi connectivity index (χ1v) is 6.86. The minimum absolute atomic E-state index is 0.301. The third-order valence-electron chi connectivity index (χ3n) is 4.37. The van der Waals surface area contributed by atoms with Gasteiger partial charge in [0.25, 0.3) is 0 Å². The molecule has 0 saturated heterocycles.